The first kappa shape index (κ1) is 22.7. The standard InChI is InChI=1S/C28H34N4O2/c33-28(26-13-14-29-27-8-3-2-7-25(26)27)32-20-18-31(19-21-32)23-9-11-24(12-10-23)34-22-6-17-30-15-4-1-5-16-30/h2-3,7-14H,1,4-6,15-22H2. The van der Waals surface area contributed by atoms with Gasteiger partial charge in [-0.15, -0.1) is 0 Å². The minimum atomic E-state index is 0.0894. The molecule has 1 aromatic heterocycles. The van der Waals surface area contributed by atoms with E-state index < -0.39 is 0 Å². The summed E-state index contributed by atoms with van der Waals surface area (Å²) in [4.78, 5) is 24.4. The zero-order valence-corrected chi connectivity index (χ0v) is 19.9. The van der Waals surface area contributed by atoms with Crippen LogP contribution in [-0.4, -0.2) is 73.1 Å². The monoisotopic (exact) mass is 458 g/mol. The molecule has 5 rings (SSSR count). The van der Waals surface area contributed by atoms with Crippen LogP contribution in [0.15, 0.2) is 60.8 Å². The number of pyridine rings is 1. The smallest absolute Gasteiger partial charge is 0.254 e. The average Bonchev–Trinajstić information content (AvgIpc) is 2.91. The second-order valence-electron chi connectivity index (χ2n) is 9.25. The fraction of sp³-hybridized carbons (Fsp3) is 0.429. The summed E-state index contributed by atoms with van der Waals surface area (Å²) in [5.74, 6) is 1.02. The van der Waals surface area contributed by atoms with Crippen LogP contribution in [0.3, 0.4) is 0 Å². The van der Waals surface area contributed by atoms with Gasteiger partial charge < -0.3 is 19.4 Å². The van der Waals surface area contributed by atoms with Crippen molar-refractivity contribution in [2.24, 2.45) is 0 Å². The van der Waals surface area contributed by atoms with E-state index in [0.29, 0.717) is 13.1 Å². The molecule has 0 N–H and O–H groups in total. The number of carbonyl (C=O) groups excluding carboxylic acids is 1. The van der Waals surface area contributed by atoms with Gasteiger partial charge in [0, 0.05) is 50.0 Å². The molecule has 0 aliphatic carbocycles. The number of anilines is 1. The third-order valence-electron chi connectivity index (χ3n) is 6.98. The Bertz CT molecular complexity index is 1080. The molecule has 0 unspecified atom stereocenters. The predicted molar refractivity (Wildman–Crippen MR) is 137 cm³/mol. The van der Waals surface area contributed by atoms with E-state index >= 15 is 0 Å². The number of para-hydroxylation sites is 1. The van der Waals surface area contributed by atoms with Gasteiger partial charge in [0.15, 0.2) is 0 Å². The molecule has 2 saturated heterocycles. The summed E-state index contributed by atoms with van der Waals surface area (Å²) < 4.78 is 5.97. The Kier molecular flexibility index (Phi) is 7.25. The van der Waals surface area contributed by atoms with Crippen LogP contribution in [0.5, 0.6) is 5.75 Å². The fourth-order valence-corrected chi connectivity index (χ4v) is 5.03. The van der Waals surface area contributed by atoms with Gasteiger partial charge in [0.25, 0.3) is 5.91 Å². The Balaban J connectivity index is 1.10. The number of ether oxygens (including phenoxy) is 1. The van der Waals surface area contributed by atoms with Crippen LogP contribution < -0.4 is 9.64 Å². The second kappa shape index (κ2) is 10.9. The number of hydrogen-bond acceptors (Lipinski definition) is 5. The van der Waals surface area contributed by atoms with Crippen molar-refractivity contribution < 1.29 is 9.53 Å². The molecule has 1 amide bonds. The lowest BCUT2D eigenvalue weighted by Gasteiger charge is -2.36. The molecule has 2 aliphatic heterocycles. The van der Waals surface area contributed by atoms with Gasteiger partial charge in [-0.3, -0.25) is 9.78 Å². The lowest BCUT2D eigenvalue weighted by Crippen LogP contribution is -2.48. The number of carbonyl (C=O) groups is 1. The first-order chi connectivity index (χ1) is 16.8. The van der Waals surface area contributed by atoms with E-state index in [9.17, 15) is 4.79 Å². The molecule has 2 aliphatic rings. The Morgan fingerprint density at radius 3 is 2.41 bits per heavy atom. The molecule has 3 aromatic rings. The molecular weight excluding hydrogens is 424 g/mol. The molecule has 3 heterocycles. The molecule has 6 heteroatoms. The van der Waals surface area contributed by atoms with Gasteiger partial charge in [-0.05, 0) is 68.8 Å². The molecule has 0 radical (unpaired) electrons. The number of hydrogen-bond donors (Lipinski definition) is 0. The highest BCUT2D eigenvalue weighted by Crippen LogP contribution is 2.23. The van der Waals surface area contributed by atoms with Crippen LogP contribution in [-0.2, 0) is 0 Å². The summed E-state index contributed by atoms with van der Waals surface area (Å²) in [6.07, 6.45) is 6.86. The third kappa shape index (κ3) is 5.33. The van der Waals surface area contributed by atoms with Crippen LogP contribution in [0.25, 0.3) is 10.9 Å². The summed E-state index contributed by atoms with van der Waals surface area (Å²) in [6, 6.07) is 18.1. The molecule has 2 aromatic carbocycles. The highest BCUT2D eigenvalue weighted by atomic mass is 16.5. The van der Waals surface area contributed by atoms with Crippen LogP contribution in [0, 0.1) is 0 Å². The SMILES string of the molecule is O=C(c1ccnc2ccccc12)N1CCN(c2ccc(OCCCN3CCCCC3)cc2)CC1. The molecule has 2 fully saturated rings. The van der Waals surface area contributed by atoms with Crippen molar-refractivity contribution in [3.63, 3.8) is 0 Å². The Hall–Kier alpha value is -3.12. The van der Waals surface area contributed by atoms with Gasteiger partial charge >= 0.3 is 0 Å². The Morgan fingerprint density at radius 1 is 0.853 bits per heavy atom. The van der Waals surface area contributed by atoms with Crippen LogP contribution in [0.2, 0.25) is 0 Å². The molecule has 34 heavy (non-hydrogen) atoms. The number of nitrogens with zero attached hydrogens (tertiary/aromatic N) is 4. The van der Waals surface area contributed by atoms with Crippen molar-refractivity contribution in [1.82, 2.24) is 14.8 Å². The maximum atomic E-state index is 13.2. The van der Waals surface area contributed by atoms with E-state index in [1.165, 1.54) is 38.0 Å². The molecule has 178 valence electrons. The highest BCUT2D eigenvalue weighted by molar-refractivity contribution is 6.06. The number of benzene rings is 2. The zero-order valence-electron chi connectivity index (χ0n) is 19.9. The molecule has 0 saturated carbocycles. The van der Waals surface area contributed by atoms with Crippen molar-refractivity contribution >= 4 is 22.5 Å². The number of rotatable bonds is 7. The molecule has 6 nitrogen and oxygen atoms in total. The largest absolute Gasteiger partial charge is 0.494 e. The number of piperidine rings is 1. The molecular formula is C28H34N4O2. The van der Waals surface area contributed by atoms with E-state index in [-0.39, 0.29) is 5.91 Å². The van der Waals surface area contributed by atoms with Gasteiger partial charge in [-0.2, -0.15) is 0 Å². The zero-order chi connectivity index (χ0) is 23.2. The third-order valence-corrected chi connectivity index (χ3v) is 6.98. The molecule has 0 bridgehead atoms. The number of likely N-dealkylation sites (tertiary alicyclic amines) is 1. The predicted octanol–water partition coefficient (Wildman–Crippen LogP) is 4.45. The first-order valence-electron chi connectivity index (χ1n) is 12.6. The topological polar surface area (TPSA) is 48.9 Å². The van der Waals surface area contributed by atoms with Gasteiger partial charge in [0.2, 0.25) is 0 Å². The summed E-state index contributed by atoms with van der Waals surface area (Å²) in [5, 5.41) is 0.920. The second-order valence-corrected chi connectivity index (χ2v) is 9.25. The van der Waals surface area contributed by atoms with Gasteiger partial charge in [-0.1, -0.05) is 24.6 Å². The van der Waals surface area contributed by atoms with E-state index in [1.807, 2.05) is 35.2 Å². The van der Waals surface area contributed by atoms with E-state index in [0.717, 1.165) is 54.9 Å². The van der Waals surface area contributed by atoms with E-state index in [4.69, 9.17) is 4.74 Å². The average molecular weight is 459 g/mol. The first-order valence-corrected chi connectivity index (χ1v) is 12.6. The van der Waals surface area contributed by atoms with Crippen molar-refractivity contribution in [3.8, 4) is 5.75 Å². The van der Waals surface area contributed by atoms with Crippen LogP contribution >= 0.6 is 0 Å². The summed E-state index contributed by atoms with van der Waals surface area (Å²) >= 11 is 0. The van der Waals surface area contributed by atoms with Gasteiger partial charge in [0.1, 0.15) is 5.75 Å². The van der Waals surface area contributed by atoms with E-state index in [2.05, 4.69) is 39.0 Å². The van der Waals surface area contributed by atoms with Crippen molar-refractivity contribution in [1.29, 1.82) is 0 Å². The highest BCUT2D eigenvalue weighted by Gasteiger charge is 2.23. The Labute approximate surface area is 202 Å². The quantitative estimate of drug-likeness (QED) is 0.490. The number of fused-ring (bicyclic) bond motifs is 1. The van der Waals surface area contributed by atoms with E-state index in [1.54, 1.807) is 6.20 Å². The summed E-state index contributed by atoms with van der Waals surface area (Å²) in [6.45, 7) is 7.46. The Morgan fingerprint density at radius 2 is 1.62 bits per heavy atom. The van der Waals surface area contributed by atoms with Crippen molar-refractivity contribution in [2.45, 2.75) is 25.7 Å². The number of aromatic nitrogens is 1. The van der Waals surface area contributed by atoms with Gasteiger partial charge in [-0.25, -0.2) is 0 Å². The number of amides is 1. The lowest BCUT2D eigenvalue weighted by molar-refractivity contribution is 0.0748. The van der Waals surface area contributed by atoms with Gasteiger partial charge in [0.05, 0.1) is 17.7 Å². The fourth-order valence-electron chi connectivity index (χ4n) is 5.03. The minimum Gasteiger partial charge on any atom is -0.494 e. The van der Waals surface area contributed by atoms with Crippen molar-refractivity contribution in [3.05, 3.63) is 66.4 Å². The maximum absolute atomic E-state index is 13.2. The summed E-state index contributed by atoms with van der Waals surface area (Å²) in [5.41, 5.74) is 2.78. The minimum absolute atomic E-state index is 0.0894. The maximum Gasteiger partial charge on any atom is 0.254 e. The summed E-state index contributed by atoms with van der Waals surface area (Å²) in [7, 11) is 0. The molecule has 0 atom stereocenters. The molecule has 0 spiro atoms. The lowest BCUT2D eigenvalue weighted by atomic mass is 10.1. The van der Waals surface area contributed by atoms with Crippen molar-refractivity contribution in [2.75, 3.05) is 57.3 Å². The normalized spacial score (nSPS) is 17.2. The van der Waals surface area contributed by atoms with Crippen LogP contribution in [0.4, 0.5) is 5.69 Å². The number of piperazine rings is 1. The van der Waals surface area contributed by atoms with Crippen LogP contribution in [0.1, 0.15) is 36.0 Å².